The van der Waals surface area contributed by atoms with Crippen LogP contribution >= 0.6 is 28.1 Å². The number of halogens is 1. The third-order valence-electron chi connectivity index (χ3n) is 1.29. The molecule has 0 atom stereocenters. The third-order valence-corrected chi connectivity index (χ3v) is 1.88. The topological polar surface area (TPSA) is 52.4 Å². The Bertz CT molecular complexity index is 356. The fourth-order valence-electron chi connectivity index (χ4n) is 0.785. The number of rotatable bonds is 3. The zero-order valence-electron chi connectivity index (χ0n) is 6.27. The molecule has 0 N–H and O–H groups in total. The van der Waals surface area contributed by atoms with Crippen molar-refractivity contribution in [2.24, 2.45) is 0 Å². The number of hydrogen-bond acceptors (Lipinski definition) is 4. The highest BCUT2D eigenvalue weighted by Gasteiger charge is 2.14. The summed E-state index contributed by atoms with van der Waals surface area (Å²) in [4.78, 5) is 9.98. The van der Waals surface area contributed by atoms with E-state index in [0.29, 0.717) is 4.47 Å². The van der Waals surface area contributed by atoms with Gasteiger partial charge in [0, 0.05) is 10.5 Å². The summed E-state index contributed by atoms with van der Waals surface area (Å²) in [5.41, 5.74) is 0.867. The summed E-state index contributed by atoms with van der Waals surface area (Å²) >= 11 is 7.55. The van der Waals surface area contributed by atoms with Crippen molar-refractivity contribution in [1.82, 2.24) is 0 Å². The van der Waals surface area contributed by atoms with E-state index in [1.54, 1.807) is 6.07 Å². The van der Waals surface area contributed by atoms with Gasteiger partial charge in [-0.3, -0.25) is 10.1 Å². The van der Waals surface area contributed by atoms with Gasteiger partial charge in [-0.2, -0.15) is 0 Å². The van der Waals surface area contributed by atoms with Crippen LogP contribution in [0.4, 0.5) is 5.69 Å². The first-order valence-electron chi connectivity index (χ1n) is 3.19. The Labute approximate surface area is 87.8 Å². The van der Waals surface area contributed by atoms with Gasteiger partial charge in [-0.15, -0.1) is 0 Å². The van der Waals surface area contributed by atoms with Crippen LogP contribution in [0.15, 0.2) is 22.7 Å². The largest absolute Gasteiger partial charge is 0.446 e. The van der Waals surface area contributed by atoms with Crippen LogP contribution in [0.1, 0.15) is 0 Å². The Hall–Kier alpha value is -1.01. The van der Waals surface area contributed by atoms with E-state index >= 15 is 0 Å². The number of ether oxygens (including phenoxy) is 1. The molecule has 0 fully saturated rings. The smallest absolute Gasteiger partial charge is 0.312 e. The van der Waals surface area contributed by atoms with Crippen LogP contribution < -0.4 is 4.74 Å². The summed E-state index contributed by atoms with van der Waals surface area (Å²) in [5.74, 6) is 0.142. The van der Waals surface area contributed by atoms with E-state index in [1.807, 2.05) is 0 Å². The molecule has 0 aromatic heterocycles. The van der Waals surface area contributed by atoms with E-state index in [4.69, 9.17) is 4.74 Å². The molecule has 0 saturated heterocycles. The van der Waals surface area contributed by atoms with Crippen molar-refractivity contribution in [1.29, 1.82) is 0 Å². The predicted molar refractivity (Wildman–Crippen MR) is 55.1 cm³/mol. The molecule has 13 heavy (non-hydrogen) atoms. The zero-order valence-corrected chi connectivity index (χ0v) is 8.67. The Kier molecular flexibility index (Phi) is 3.32. The summed E-state index contributed by atoms with van der Waals surface area (Å²) in [5, 5.41) is 10.5. The summed E-state index contributed by atoms with van der Waals surface area (Å²) < 4.78 is 5.40. The average Bonchev–Trinajstić information content (AvgIpc) is 2.08. The lowest BCUT2D eigenvalue weighted by Crippen LogP contribution is -1.94. The van der Waals surface area contributed by atoms with Gasteiger partial charge in [-0.1, -0.05) is 15.9 Å². The first kappa shape index (κ1) is 10.1. The lowest BCUT2D eigenvalue weighted by atomic mass is 10.3. The SMILES string of the molecule is O=[N+]([O-])c1cc(Br)ccc1OC=S. The second-order valence-corrected chi connectivity index (χ2v) is 3.19. The third kappa shape index (κ3) is 2.46. The maximum atomic E-state index is 10.5. The molecule has 0 bridgehead atoms. The van der Waals surface area contributed by atoms with Crippen LogP contribution in [0.3, 0.4) is 0 Å². The number of nitrogens with zero attached hydrogens (tertiary/aromatic N) is 1. The van der Waals surface area contributed by atoms with Gasteiger partial charge in [0.15, 0.2) is 5.55 Å². The Balaban J connectivity index is 3.17. The Morgan fingerprint density at radius 3 is 2.85 bits per heavy atom. The monoisotopic (exact) mass is 261 g/mol. The minimum Gasteiger partial charge on any atom is -0.446 e. The van der Waals surface area contributed by atoms with Gasteiger partial charge in [0.2, 0.25) is 5.75 Å². The maximum absolute atomic E-state index is 10.5. The lowest BCUT2D eigenvalue weighted by Gasteiger charge is -2.00. The fraction of sp³-hybridized carbons (Fsp3) is 0. The summed E-state index contributed by atoms with van der Waals surface area (Å²) in [7, 11) is 0. The van der Waals surface area contributed by atoms with Crippen molar-refractivity contribution in [2.45, 2.75) is 0 Å². The van der Waals surface area contributed by atoms with Crippen molar-refractivity contribution < 1.29 is 9.66 Å². The summed E-state index contributed by atoms with van der Waals surface area (Å²) in [6.45, 7) is 0. The van der Waals surface area contributed by atoms with Gasteiger partial charge in [0.25, 0.3) is 0 Å². The van der Waals surface area contributed by atoms with Crippen LogP contribution in [0.2, 0.25) is 0 Å². The molecular formula is C7H4BrNO3S. The molecule has 4 nitrogen and oxygen atoms in total. The van der Waals surface area contributed by atoms with E-state index in [0.717, 1.165) is 5.55 Å². The molecule has 0 amide bonds. The minimum absolute atomic E-state index is 0.115. The van der Waals surface area contributed by atoms with E-state index in [1.165, 1.54) is 12.1 Å². The Morgan fingerprint density at radius 2 is 2.31 bits per heavy atom. The molecular weight excluding hydrogens is 258 g/mol. The molecule has 0 saturated carbocycles. The van der Waals surface area contributed by atoms with Crippen molar-refractivity contribution in [3.63, 3.8) is 0 Å². The Morgan fingerprint density at radius 1 is 1.62 bits per heavy atom. The molecule has 0 spiro atoms. The van der Waals surface area contributed by atoms with Gasteiger partial charge in [-0.25, -0.2) is 0 Å². The van der Waals surface area contributed by atoms with Crippen LogP contribution in [-0.2, 0) is 0 Å². The van der Waals surface area contributed by atoms with E-state index < -0.39 is 4.92 Å². The first-order chi connectivity index (χ1) is 6.15. The van der Waals surface area contributed by atoms with Crippen LogP contribution in [0.25, 0.3) is 0 Å². The maximum Gasteiger partial charge on any atom is 0.312 e. The van der Waals surface area contributed by atoms with Crippen molar-refractivity contribution in [3.8, 4) is 5.75 Å². The molecule has 0 unspecified atom stereocenters. The highest BCUT2D eigenvalue weighted by Crippen LogP contribution is 2.29. The van der Waals surface area contributed by atoms with Crippen molar-refractivity contribution >= 4 is 39.4 Å². The molecule has 1 rings (SSSR count). The lowest BCUT2D eigenvalue weighted by molar-refractivity contribution is -0.385. The molecule has 1 aromatic carbocycles. The molecule has 0 radical (unpaired) electrons. The second-order valence-electron chi connectivity index (χ2n) is 2.08. The molecule has 0 aliphatic heterocycles. The highest BCUT2D eigenvalue weighted by molar-refractivity contribution is 9.10. The van der Waals surface area contributed by atoms with Gasteiger partial charge in [0.1, 0.15) is 0 Å². The molecule has 0 aliphatic carbocycles. The standard InChI is InChI=1S/C7H4BrNO3S/c8-5-1-2-7(12-4-13)6(3-5)9(10)11/h1-4H. The number of nitro benzene ring substituents is 1. The van der Waals surface area contributed by atoms with E-state index in [2.05, 4.69) is 28.1 Å². The summed E-state index contributed by atoms with van der Waals surface area (Å²) in [6, 6.07) is 4.47. The fourth-order valence-corrected chi connectivity index (χ4v) is 1.24. The molecule has 1 aromatic rings. The second kappa shape index (κ2) is 4.29. The normalized spacial score (nSPS) is 9.31. The van der Waals surface area contributed by atoms with E-state index in [9.17, 15) is 10.1 Å². The quantitative estimate of drug-likeness (QED) is 0.477. The molecule has 68 valence electrons. The zero-order chi connectivity index (χ0) is 9.84. The average molecular weight is 262 g/mol. The minimum atomic E-state index is -0.529. The van der Waals surface area contributed by atoms with Gasteiger partial charge >= 0.3 is 5.69 Å². The number of thiocarbonyl (C=S) groups is 1. The number of hydrogen-bond donors (Lipinski definition) is 0. The van der Waals surface area contributed by atoms with Crippen LogP contribution in [-0.4, -0.2) is 10.5 Å². The van der Waals surface area contributed by atoms with Gasteiger partial charge in [-0.05, 0) is 24.4 Å². The van der Waals surface area contributed by atoms with E-state index in [-0.39, 0.29) is 11.4 Å². The number of nitro groups is 1. The summed E-state index contributed by atoms with van der Waals surface area (Å²) in [6.07, 6.45) is 0. The first-order valence-corrected chi connectivity index (χ1v) is 4.46. The van der Waals surface area contributed by atoms with Gasteiger partial charge in [0.05, 0.1) is 4.92 Å². The molecule has 0 aliphatic rings. The van der Waals surface area contributed by atoms with Crippen molar-refractivity contribution in [3.05, 3.63) is 32.8 Å². The van der Waals surface area contributed by atoms with Crippen molar-refractivity contribution in [2.75, 3.05) is 0 Å². The number of benzene rings is 1. The van der Waals surface area contributed by atoms with Gasteiger partial charge < -0.3 is 4.74 Å². The highest BCUT2D eigenvalue weighted by atomic mass is 79.9. The molecule has 6 heteroatoms. The predicted octanol–water partition coefficient (Wildman–Crippen LogP) is 2.69. The van der Waals surface area contributed by atoms with Crippen LogP contribution in [0, 0.1) is 10.1 Å². The van der Waals surface area contributed by atoms with Crippen LogP contribution in [0.5, 0.6) is 5.75 Å². The molecule has 0 heterocycles.